The number of benzene rings is 2. The SMILES string of the molecule is COc1cccc(CN2CCC(NC(=O)c3cc4c(Nc5ccc6cn[nH]c6c5)ncnc4s3)CC2)c1O. The highest BCUT2D eigenvalue weighted by atomic mass is 32.1. The van der Waals surface area contributed by atoms with E-state index >= 15 is 0 Å². The molecule has 6 rings (SSSR count). The second-order valence-electron chi connectivity index (χ2n) is 9.34. The Morgan fingerprint density at radius 1 is 1.21 bits per heavy atom. The van der Waals surface area contributed by atoms with Gasteiger partial charge in [-0.15, -0.1) is 11.3 Å². The normalized spacial score (nSPS) is 14.7. The number of aromatic hydroxyl groups is 1. The van der Waals surface area contributed by atoms with Crippen LogP contribution in [0.3, 0.4) is 0 Å². The molecule has 0 bridgehead atoms. The van der Waals surface area contributed by atoms with Crippen LogP contribution in [-0.2, 0) is 6.54 Å². The number of aromatic amines is 1. The number of rotatable bonds is 7. The Kier molecular flexibility index (Phi) is 6.52. The van der Waals surface area contributed by atoms with E-state index in [0.717, 1.165) is 58.3 Å². The average Bonchev–Trinajstić information content (AvgIpc) is 3.58. The third-order valence-electron chi connectivity index (χ3n) is 6.88. The molecule has 4 N–H and O–H groups in total. The lowest BCUT2D eigenvalue weighted by molar-refractivity contribution is 0.0913. The molecule has 1 saturated heterocycles. The number of hydrogen-bond acceptors (Lipinski definition) is 9. The standard InChI is InChI=1S/C27H27N7O3S/c1-37-22-4-2-3-17(24(22)35)14-34-9-7-18(8-10-34)32-26(36)23-12-20-25(28-15-29-27(20)38-23)31-19-6-5-16-13-30-33-21(16)11-19/h2-6,11-13,15,18,35H,7-10,14H2,1H3,(H,30,33)(H,32,36)(H,28,29,31). The third kappa shape index (κ3) is 4.85. The second-order valence-corrected chi connectivity index (χ2v) is 10.4. The monoisotopic (exact) mass is 529 g/mol. The molecule has 1 aliphatic rings. The van der Waals surface area contributed by atoms with Gasteiger partial charge < -0.3 is 20.5 Å². The quantitative estimate of drug-likeness (QED) is 0.244. The molecule has 38 heavy (non-hydrogen) atoms. The zero-order chi connectivity index (χ0) is 26.1. The number of anilines is 2. The number of H-pyrrole nitrogens is 1. The van der Waals surface area contributed by atoms with Gasteiger partial charge in [-0.3, -0.25) is 14.8 Å². The Morgan fingerprint density at radius 3 is 2.92 bits per heavy atom. The molecule has 5 aromatic rings. The molecule has 0 saturated carbocycles. The number of aromatic nitrogens is 4. The van der Waals surface area contributed by atoms with Crippen molar-refractivity contribution in [2.75, 3.05) is 25.5 Å². The summed E-state index contributed by atoms with van der Waals surface area (Å²) in [5.74, 6) is 1.23. The van der Waals surface area contributed by atoms with E-state index in [2.05, 4.69) is 35.7 Å². The topological polar surface area (TPSA) is 128 Å². The molecular weight excluding hydrogens is 502 g/mol. The van der Waals surface area contributed by atoms with Crippen LogP contribution in [0, 0.1) is 0 Å². The number of piperidine rings is 1. The number of phenolic OH excluding ortho intramolecular Hbond substituents is 1. The highest BCUT2D eigenvalue weighted by molar-refractivity contribution is 7.20. The van der Waals surface area contributed by atoms with Crippen LogP contribution in [0.25, 0.3) is 21.1 Å². The van der Waals surface area contributed by atoms with Gasteiger partial charge >= 0.3 is 0 Å². The molecule has 3 aromatic heterocycles. The van der Waals surface area contributed by atoms with Gasteiger partial charge in [-0.2, -0.15) is 5.10 Å². The van der Waals surface area contributed by atoms with E-state index in [-0.39, 0.29) is 17.7 Å². The fourth-order valence-electron chi connectivity index (χ4n) is 4.81. The van der Waals surface area contributed by atoms with Crippen molar-refractivity contribution in [3.63, 3.8) is 0 Å². The van der Waals surface area contributed by atoms with E-state index in [0.29, 0.717) is 23.0 Å². The molecule has 0 unspecified atom stereocenters. The van der Waals surface area contributed by atoms with Crippen LogP contribution < -0.4 is 15.4 Å². The molecule has 2 aromatic carbocycles. The van der Waals surface area contributed by atoms with Gasteiger partial charge in [0.15, 0.2) is 11.5 Å². The molecule has 10 nitrogen and oxygen atoms in total. The van der Waals surface area contributed by atoms with Gasteiger partial charge in [-0.25, -0.2) is 9.97 Å². The van der Waals surface area contributed by atoms with Crippen molar-refractivity contribution in [1.29, 1.82) is 0 Å². The number of carbonyl (C=O) groups is 1. The number of para-hydroxylation sites is 1. The van der Waals surface area contributed by atoms with Crippen molar-refractivity contribution in [3.05, 3.63) is 65.4 Å². The van der Waals surface area contributed by atoms with Crippen LogP contribution in [0.1, 0.15) is 28.1 Å². The third-order valence-corrected chi connectivity index (χ3v) is 7.92. The molecule has 194 valence electrons. The highest BCUT2D eigenvalue weighted by Crippen LogP contribution is 2.32. The van der Waals surface area contributed by atoms with Crippen LogP contribution in [-0.4, -0.2) is 62.3 Å². The number of fused-ring (bicyclic) bond motifs is 2. The first-order valence-electron chi connectivity index (χ1n) is 12.4. The van der Waals surface area contributed by atoms with Gasteiger partial charge in [0.25, 0.3) is 5.91 Å². The largest absolute Gasteiger partial charge is 0.504 e. The van der Waals surface area contributed by atoms with Crippen molar-refractivity contribution in [2.24, 2.45) is 0 Å². The first-order chi connectivity index (χ1) is 18.6. The van der Waals surface area contributed by atoms with Crippen molar-refractivity contribution >= 4 is 49.9 Å². The molecule has 11 heteroatoms. The van der Waals surface area contributed by atoms with Gasteiger partial charge in [-0.05, 0) is 43.2 Å². The van der Waals surface area contributed by atoms with Crippen LogP contribution in [0.4, 0.5) is 11.5 Å². The van der Waals surface area contributed by atoms with Crippen LogP contribution in [0.5, 0.6) is 11.5 Å². The number of hydrogen-bond donors (Lipinski definition) is 4. The Bertz CT molecular complexity index is 1610. The highest BCUT2D eigenvalue weighted by Gasteiger charge is 2.23. The van der Waals surface area contributed by atoms with Gasteiger partial charge in [0.05, 0.1) is 29.1 Å². The minimum absolute atomic E-state index is 0.0904. The van der Waals surface area contributed by atoms with Gasteiger partial charge in [0.2, 0.25) is 0 Å². The van der Waals surface area contributed by atoms with E-state index in [1.807, 2.05) is 36.4 Å². The Balaban J connectivity index is 1.09. The number of nitrogens with zero attached hydrogens (tertiary/aromatic N) is 4. The summed E-state index contributed by atoms with van der Waals surface area (Å²) in [6.45, 7) is 2.30. The maximum absolute atomic E-state index is 13.1. The number of phenols is 1. The molecule has 1 aliphatic heterocycles. The Labute approximate surface area is 222 Å². The summed E-state index contributed by atoms with van der Waals surface area (Å²) < 4.78 is 5.22. The lowest BCUT2D eigenvalue weighted by Crippen LogP contribution is -2.44. The fraction of sp³-hybridized carbons (Fsp3) is 0.259. The number of thiophene rings is 1. The van der Waals surface area contributed by atoms with Crippen molar-refractivity contribution < 1.29 is 14.6 Å². The first kappa shape index (κ1) is 24.1. The van der Waals surface area contributed by atoms with E-state index in [1.54, 1.807) is 19.4 Å². The summed E-state index contributed by atoms with van der Waals surface area (Å²) in [5.41, 5.74) is 2.64. The summed E-state index contributed by atoms with van der Waals surface area (Å²) in [7, 11) is 1.55. The molecule has 1 amide bonds. The molecule has 0 aliphatic carbocycles. The number of carbonyl (C=O) groups excluding carboxylic acids is 1. The summed E-state index contributed by atoms with van der Waals surface area (Å²) in [6, 6.07) is 13.4. The Morgan fingerprint density at radius 2 is 2.08 bits per heavy atom. The summed E-state index contributed by atoms with van der Waals surface area (Å²) in [5, 5.41) is 25.8. The van der Waals surface area contributed by atoms with Crippen LogP contribution in [0.15, 0.2) is 55.0 Å². The zero-order valence-corrected chi connectivity index (χ0v) is 21.6. The maximum atomic E-state index is 13.1. The number of ether oxygens (including phenoxy) is 1. The van der Waals surface area contributed by atoms with Crippen LogP contribution in [0.2, 0.25) is 0 Å². The van der Waals surface area contributed by atoms with E-state index in [9.17, 15) is 9.90 Å². The van der Waals surface area contributed by atoms with Crippen molar-refractivity contribution in [2.45, 2.75) is 25.4 Å². The lowest BCUT2D eigenvalue weighted by atomic mass is 10.0. The summed E-state index contributed by atoms with van der Waals surface area (Å²) in [6.07, 6.45) is 4.96. The Hall–Kier alpha value is -4.22. The van der Waals surface area contributed by atoms with Crippen LogP contribution >= 0.6 is 11.3 Å². The minimum atomic E-state index is -0.0956. The van der Waals surface area contributed by atoms with E-state index in [1.165, 1.54) is 17.7 Å². The predicted octanol–water partition coefficient (Wildman–Crippen LogP) is 4.42. The van der Waals surface area contributed by atoms with E-state index < -0.39 is 0 Å². The second kappa shape index (κ2) is 10.3. The summed E-state index contributed by atoms with van der Waals surface area (Å²) in [4.78, 5) is 25.6. The molecule has 4 heterocycles. The molecular formula is C27H27N7O3S. The van der Waals surface area contributed by atoms with Gasteiger partial charge in [-0.1, -0.05) is 12.1 Å². The number of methoxy groups -OCH3 is 1. The molecule has 0 radical (unpaired) electrons. The fourth-order valence-corrected chi connectivity index (χ4v) is 5.71. The van der Waals surface area contributed by atoms with Crippen molar-refractivity contribution in [3.8, 4) is 11.5 Å². The first-order valence-corrected chi connectivity index (χ1v) is 13.2. The molecule has 0 atom stereocenters. The zero-order valence-electron chi connectivity index (χ0n) is 20.8. The lowest BCUT2D eigenvalue weighted by Gasteiger charge is -2.32. The maximum Gasteiger partial charge on any atom is 0.261 e. The minimum Gasteiger partial charge on any atom is -0.504 e. The number of nitrogens with one attached hydrogen (secondary N) is 3. The predicted molar refractivity (Wildman–Crippen MR) is 147 cm³/mol. The van der Waals surface area contributed by atoms with Gasteiger partial charge in [0, 0.05) is 42.3 Å². The average molecular weight is 530 g/mol. The van der Waals surface area contributed by atoms with Gasteiger partial charge in [0.1, 0.15) is 17.0 Å². The van der Waals surface area contributed by atoms with Crippen molar-refractivity contribution in [1.82, 2.24) is 30.4 Å². The molecule has 0 spiro atoms. The summed E-state index contributed by atoms with van der Waals surface area (Å²) >= 11 is 1.36. The number of amides is 1. The van der Waals surface area contributed by atoms with E-state index in [4.69, 9.17) is 4.74 Å². The molecule has 1 fully saturated rings. The number of likely N-dealkylation sites (tertiary alicyclic amines) is 1. The smallest absolute Gasteiger partial charge is 0.261 e.